The van der Waals surface area contributed by atoms with E-state index in [0.29, 0.717) is 41.9 Å². The number of rotatable bonds is 17. The first kappa shape index (κ1) is 37.0. The second-order valence-corrected chi connectivity index (χ2v) is 17.8. The summed E-state index contributed by atoms with van der Waals surface area (Å²) >= 11 is 0. The monoisotopic (exact) mass is 724 g/mol. The Morgan fingerprint density at radius 3 is 2.40 bits per heavy atom. The highest BCUT2D eigenvalue weighted by Gasteiger charge is 2.67. The topological polar surface area (TPSA) is 79.3 Å². The molecule has 2 aromatic carbocycles. The summed E-state index contributed by atoms with van der Waals surface area (Å²) < 4.78 is 13.0. The summed E-state index contributed by atoms with van der Waals surface area (Å²) in [5.74, 6) is 2.70. The fourth-order valence-electron chi connectivity index (χ4n) is 11.6. The standard InChI is InChI=1S/C46H64N2O5/c1-32(49)52-41-25-22-35-28-39-37-23-24-38(45-46(37,43(35)44(41)53-45)26-27-47(39)31-36-29-40(36)50)48(30-34-19-13-9-14-20-34)42(51)21-15-7-5-3-2-4-6-10-16-33-17-11-8-12-18-33/h8,11-12,17-18,22,25,34,36-40,45,50H,2-7,9-10,13-16,19-21,23-24,26-31H2,1H3/t36?,37-,38+,39+,40?,45-,46-/m0/s1. The van der Waals surface area contributed by atoms with Crippen LogP contribution in [0.1, 0.15) is 139 Å². The van der Waals surface area contributed by atoms with Gasteiger partial charge in [-0.2, -0.15) is 0 Å². The van der Waals surface area contributed by atoms with Crippen molar-refractivity contribution < 1.29 is 24.2 Å². The maximum absolute atomic E-state index is 14.5. The molecule has 2 aliphatic heterocycles. The van der Waals surface area contributed by atoms with Crippen LogP contribution in [0.25, 0.3) is 0 Å². The molecule has 4 aliphatic carbocycles. The summed E-state index contributed by atoms with van der Waals surface area (Å²) in [6.07, 6.45) is 22.4. The van der Waals surface area contributed by atoms with Crippen LogP contribution >= 0.6 is 0 Å². The van der Waals surface area contributed by atoms with E-state index in [-0.39, 0.29) is 29.6 Å². The highest BCUT2D eigenvalue weighted by atomic mass is 16.6. The number of hydrogen-bond acceptors (Lipinski definition) is 6. The number of carbonyl (C=O) groups is 2. The van der Waals surface area contributed by atoms with Crippen LogP contribution in [0.2, 0.25) is 0 Å². The zero-order chi connectivity index (χ0) is 36.4. The molecule has 0 aromatic heterocycles. The van der Waals surface area contributed by atoms with Gasteiger partial charge in [0.1, 0.15) is 6.10 Å². The maximum Gasteiger partial charge on any atom is 0.308 e. The summed E-state index contributed by atoms with van der Waals surface area (Å²) in [4.78, 5) is 31.8. The molecular formula is C46H64N2O5. The first-order chi connectivity index (χ1) is 25.9. The average molecular weight is 725 g/mol. The van der Waals surface area contributed by atoms with Crippen LogP contribution in [-0.2, 0) is 27.8 Å². The number of ether oxygens (including phenoxy) is 2. The van der Waals surface area contributed by atoms with E-state index in [9.17, 15) is 14.7 Å². The summed E-state index contributed by atoms with van der Waals surface area (Å²) in [5, 5.41) is 10.3. The minimum Gasteiger partial charge on any atom is -0.483 e. The predicted octanol–water partition coefficient (Wildman–Crippen LogP) is 8.56. The van der Waals surface area contributed by atoms with E-state index >= 15 is 0 Å². The van der Waals surface area contributed by atoms with Gasteiger partial charge in [-0.25, -0.2) is 0 Å². The molecule has 7 heteroatoms. The van der Waals surface area contributed by atoms with Crippen LogP contribution in [0.15, 0.2) is 42.5 Å². The van der Waals surface area contributed by atoms with Crippen molar-refractivity contribution in [3.8, 4) is 11.5 Å². The van der Waals surface area contributed by atoms with Crippen molar-refractivity contribution in [3.63, 3.8) is 0 Å². The number of aliphatic hydroxyl groups is 1. The quantitative estimate of drug-likeness (QED) is 0.100. The van der Waals surface area contributed by atoms with Gasteiger partial charge in [-0.3, -0.25) is 14.5 Å². The largest absolute Gasteiger partial charge is 0.483 e. The van der Waals surface area contributed by atoms with Gasteiger partial charge in [0.05, 0.1) is 12.1 Å². The molecule has 1 amide bonds. The summed E-state index contributed by atoms with van der Waals surface area (Å²) in [6.45, 7) is 4.28. The number of unbranched alkanes of at least 4 members (excludes halogenated alkanes) is 7. The van der Waals surface area contributed by atoms with Crippen LogP contribution in [-0.4, -0.2) is 70.7 Å². The smallest absolute Gasteiger partial charge is 0.308 e. The van der Waals surface area contributed by atoms with Crippen LogP contribution in [0.4, 0.5) is 0 Å². The zero-order valence-corrected chi connectivity index (χ0v) is 32.3. The average Bonchev–Trinajstić information content (AvgIpc) is 3.75. The number of carbonyl (C=O) groups excluding carboxylic acids is 2. The lowest BCUT2D eigenvalue weighted by Crippen LogP contribution is -2.69. The van der Waals surface area contributed by atoms with Gasteiger partial charge < -0.3 is 19.5 Å². The first-order valence-corrected chi connectivity index (χ1v) is 21.7. The molecule has 8 rings (SSSR count). The van der Waals surface area contributed by atoms with Crippen molar-refractivity contribution in [1.29, 1.82) is 0 Å². The molecule has 2 bridgehead atoms. The van der Waals surface area contributed by atoms with Gasteiger partial charge in [0.15, 0.2) is 11.5 Å². The Balaban J connectivity index is 0.948. The number of amides is 1. The molecule has 53 heavy (non-hydrogen) atoms. The minimum atomic E-state index is -0.325. The Hall–Kier alpha value is -2.90. The van der Waals surface area contributed by atoms with Gasteiger partial charge in [0.25, 0.3) is 0 Å². The van der Waals surface area contributed by atoms with Gasteiger partial charge in [0, 0.05) is 49.4 Å². The van der Waals surface area contributed by atoms with Crippen molar-refractivity contribution in [2.75, 3.05) is 19.6 Å². The molecule has 1 saturated heterocycles. The van der Waals surface area contributed by atoms with E-state index in [1.807, 2.05) is 6.07 Å². The predicted molar refractivity (Wildman–Crippen MR) is 208 cm³/mol. The number of likely N-dealkylation sites (tertiary alicyclic amines) is 1. The third-order valence-electron chi connectivity index (χ3n) is 14.3. The van der Waals surface area contributed by atoms with E-state index in [2.05, 4.69) is 46.2 Å². The normalized spacial score (nSPS) is 30.0. The maximum atomic E-state index is 14.5. The molecule has 4 fully saturated rings. The SMILES string of the molecule is CC(=O)Oc1ccc2c3c1O[C@H]1[C@H](N(CC4CCCCC4)C(=O)CCCCCCCCCCc4ccccc4)CC[C@H]4[C@@H](C2)N(CC2CC2O)CC[C@@]341. The number of aliphatic hydroxyl groups excluding tert-OH is 1. The lowest BCUT2D eigenvalue weighted by atomic mass is 9.51. The third-order valence-corrected chi connectivity index (χ3v) is 14.3. The van der Waals surface area contributed by atoms with Gasteiger partial charge in [-0.05, 0) is 99.8 Å². The van der Waals surface area contributed by atoms with Gasteiger partial charge in [-0.15, -0.1) is 0 Å². The molecule has 0 radical (unpaired) electrons. The number of aryl methyl sites for hydroxylation is 1. The van der Waals surface area contributed by atoms with Gasteiger partial charge >= 0.3 is 5.97 Å². The van der Waals surface area contributed by atoms with Crippen LogP contribution in [0, 0.1) is 17.8 Å². The first-order valence-electron chi connectivity index (χ1n) is 21.7. The van der Waals surface area contributed by atoms with Gasteiger partial charge in [0.2, 0.25) is 5.91 Å². The molecule has 288 valence electrons. The Labute approximate surface area is 318 Å². The van der Waals surface area contributed by atoms with E-state index in [1.54, 1.807) is 0 Å². The molecule has 7 atom stereocenters. The molecule has 6 aliphatic rings. The number of nitrogens with zero attached hydrogens (tertiary/aromatic N) is 2. The number of piperidine rings is 1. The lowest BCUT2D eigenvalue weighted by Gasteiger charge is -2.60. The van der Waals surface area contributed by atoms with Crippen LogP contribution in [0.3, 0.4) is 0 Å². The van der Waals surface area contributed by atoms with E-state index < -0.39 is 0 Å². The lowest BCUT2D eigenvalue weighted by molar-refractivity contribution is -0.144. The highest BCUT2D eigenvalue weighted by Crippen LogP contribution is 2.64. The number of hydrogen-bond donors (Lipinski definition) is 1. The second kappa shape index (κ2) is 16.5. The molecule has 2 heterocycles. The molecule has 1 spiro atoms. The van der Waals surface area contributed by atoms with Crippen molar-refractivity contribution >= 4 is 11.9 Å². The summed E-state index contributed by atoms with van der Waals surface area (Å²) in [5.41, 5.74) is 3.87. The van der Waals surface area contributed by atoms with Crippen molar-refractivity contribution in [1.82, 2.24) is 9.80 Å². The fourth-order valence-corrected chi connectivity index (χ4v) is 11.6. The van der Waals surface area contributed by atoms with Crippen LogP contribution < -0.4 is 9.47 Å². The Bertz CT molecular complexity index is 1570. The summed E-state index contributed by atoms with van der Waals surface area (Å²) in [7, 11) is 0. The Morgan fingerprint density at radius 1 is 0.925 bits per heavy atom. The molecule has 7 nitrogen and oxygen atoms in total. The van der Waals surface area contributed by atoms with E-state index in [4.69, 9.17) is 9.47 Å². The third kappa shape index (κ3) is 7.81. The fraction of sp³-hybridized carbons (Fsp3) is 0.696. The zero-order valence-electron chi connectivity index (χ0n) is 32.3. The summed E-state index contributed by atoms with van der Waals surface area (Å²) in [6, 6.07) is 15.4. The Morgan fingerprint density at radius 2 is 1.66 bits per heavy atom. The molecule has 1 N–H and O–H groups in total. The van der Waals surface area contributed by atoms with Crippen LogP contribution in [0.5, 0.6) is 11.5 Å². The Kier molecular flexibility index (Phi) is 11.5. The second-order valence-electron chi connectivity index (χ2n) is 17.8. The van der Waals surface area contributed by atoms with Crippen molar-refractivity contribution in [3.05, 3.63) is 59.2 Å². The molecular weight excluding hydrogens is 661 g/mol. The minimum absolute atomic E-state index is 0.0255. The highest BCUT2D eigenvalue weighted by molar-refractivity contribution is 5.77. The molecule has 2 aromatic rings. The number of esters is 1. The van der Waals surface area contributed by atoms with Crippen molar-refractivity contribution in [2.45, 2.75) is 165 Å². The molecule has 2 unspecified atom stereocenters. The van der Waals surface area contributed by atoms with Crippen molar-refractivity contribution in [2.24, 2.45) is 17.8 Å². The molecule has 3 saturated carbocycles. The van der Waals surface area contributed by atoms with E-state index in [0.717, 1.165) is 70.3 Å². The van der Waals surface area contributed by atoms with Gasteiger partial charge in [-0.1, -0.05) is 94.2 Å². The number of benzene rings is 2. The van der Waals surface area contributed by atoms with E-state index in [1.165, 1.54) is 101 Å².